The first-order chi connectivity index (χ1) is 11.5. The van der Waals surface area contributed by atoms with E-state index in [1.54, 1.807) is 16.0 Å². The van der Waals surface area contributed by atoms with Gasteiger partial charge < -0.3 is 19.4 Å². The van der Waals surface area contributed by atoms with Crippen LogP contribution in [0.4, 0.5) is 5.95 Å². The third-order valence-electron chi connectivity index (χ3n) is 3.96. The van der Waals surface area contributed by atoms with E-state index in [4.69, 9.17) is 4.74 Å². The van der Waals surface area contributed by atoms with E-state index < -0.39 is 0 Å². The molecule has 2 saturated heterocycles. The smallest absolute Gasteiger partial charge is 0.242 e. The number of hydrogen-bond donors (Lipinski definition) is 0. The van der Waals surface area contributed by atoms with Gasteiger partial charge in [0.2, 0.25) is 17.8 Å². The highest BCUT2D eigenvalue weighted by Gasteiger charge is 2.30. The number of nitrogens with zero attached hydrogens (tertiary/aromatic N) is 5. The summed E-state index contributed by atoms with van der Waals surface area (Å²) in [5, 5.41) is 0. The Hall–Kier alpha value is -1.87. The van der Waals surface area contributed by atoms with Gasteiger partial charge >= 0.3 is 0 Å². The monoisotopic (exact) mass is 351 g/mol. The van der Waals surface area contributed by atoms with E-state index in [1.165, 1.54) is 11.8 Å². The second kappa shape index (κ2) is 7.35. The summed E-state index contributed by atoms with van der Waals surface area (Å²) in [5.41, 5.74) is 0.763. The average molecular weight is 351 g/mol. The van der Waals surface area contributed by atoms with Crippen molar-refractivity contribution in [3.63, 3.8) is 0 Å². The number of morpholine rings is 1. The summed E-state index contributed by atoms with van der Waals surface area (Å²) in [6.07, 6.45) is 1.43. The van der Waals surface area contributed by atoms with Crippen LogP contribution in [0.2, 0.25) is 0 Å². The van der Waals surface area contributed by atoms with Crippen molar-refractivity contribution in [2.45, 2.75) is 6.10 Å². The summed E-state index contributed by atoms with van der Waals surface area (Å²) in [6, 6.07) is 1.81. The number of aromatic nitrogens is 2. The van der Waals surface area contributed by atoms with Gasteiger partial charge in [0.25, 0.3) is 0 Å². The van der Waals surface area contributed by atoms with Gasteiger partial charge in [0.1, 0.15) is 12.6 Å². The Morgan fingerprint density at radius 1 is 1.50 bits per heavy atom. The maximum atomic E-state index is 12.5. The molecule has 2 fully saturated rings. The minimum atomic E-state index is -0.270. The van der Waals surface area contributed by atoms with E-state index >= 15 is 0 Å². The molecule has 3 rings (SSSR count). The zero-order chi connectivity index (χ0) is 17.1. The number of anilines is 1. The van der Waals surface area contributed by atoms with E-state index in [0.29, 0.717) is 37.3 Å². The first-order valence-corrected chi connectivity index (χ1v) is 8.95. The molecule has 1 aromatic rings. The molecule has 0 aromatic carbocycles. The standard InChI is InChI=1S/C15H21N5O3S/c1-18(2)15-16-4-3-11(17-15)12-7-19(5-6-23-12)13(21)8-20-10-24-9-14(20)22/h3-4,12H,5-10H2,1-2H3. The Kier molecular flexibility index (Phi) is 5.20. The molecule has 0 radical (unpaired) electrons. The van der Waals surface area contributed by atoms with Crippen LogP contribution in [0.3, 0.4) is 0 Å². The van der Waals surface area contributed by atoms with Gasteiger partial charge in [-0.2, -0.15) is 0 Å². The number of rotatable bonds is 4. The maximum absolute atomic E-state index is 12.5. The molecule has 1 unspecified atom stereocenters. The second-order valence-electron chi connectivity index (χ2n) is 5.94. The third-order valence-corrected chi connectivity index (χ3v) is 4.91. The van der Waals surface area contributed by atoms with Gasteiger partial charge in [0, 0.05) is 26.8 Å². The molecule has 2 amide bonds. The second-order valence-corrected chi connectivity index (χ2v) is 6.90. The zero-order valence-corrected chi connectivity index (χ0v) is 14.7. The molecule has 3 heterocycles. The highest BCUT2D eigenvalue weighted by molar-refractivity contribution is 8.00. The Morgan fingerprint density at radius 2 is 2.33 bits per heavy atom. The number of hydrogen-bond acceptors (Lipinski definition) is 7. The van der Waals surface area contributed by atoms with Crippen molar-refractivity contribution >= 4 is 29.5 Å². The maximum Gasteiger partial charge on any atom is 0.242 e. The van der Waals surface area contributed by atoms with E-state index in [0.717, 1.165) is 5.69 Å². The van der Waals surface area contributed by atoms with Gasteiger partial charge in [-0.3, -0.25) is 9.59 Å². The van der Waals surface area contributed by atoms with Gasteiger partial charge in [0.15, 0.2) is 0 Å². The van der Waals surface area contributed by atoms with Crippen molar-refractivity contribution in [1.29, 1.82) is 0 Å². The van der Waals surface area contributed by atoms with Crippen molar-refractivity contribution < 1.29 is 14.3 Å². The number of amides is 2. The Morgan fingerprint density at radius 3 is 3.04 bits per heavy atom. The molecule has 130 valence electrons. The molecule has 8 nitrogen and oxygen atoms in total. The Bertz CT molecular complexity index is 627. The molecule has 1 atom stereocenters. The van der Waals surface area contributed by atoms with E-state index in [1.807, 2.05) is 25.1 Å². The van der Waals surface area contributed by atoms with Gasteiger partial charge in [-0.05, 0) is 6.07 Å². The van der Waals surface area contributed by atoms with E-state index in [9.17, 15) is 9.59 Å². The summed E-state index contributed by atoms with van der Waals surface area (Å²) in [6.45, 7) is 1.58. The Labute approximate surface area is 145 Å². The normalized spacial score (nSPS) is 21.2. The van der Waals surface area contributed by atoms with Crippen molar-refractivity contribution in [2.75, 3.05) is 56.9 Å². The molecule has 0 aliphatic carbocycles. The lowest BCUT2D eigenvalue weighted by molar-refractivity contribution is -0.143. The lowest BCUT2D eigenvalue weighted by Crippen LogP contribution is -2.47. The van der Waals surface area contributed by atoms with Crippen LogP contribution in [-0.2, 0) is 14.3 Å². The number of thioether (sulfide) groups is 1. The van der Waals surface area contributed by atoms with Crippen molar-refractivity contribution in [1.82, 2.24) is 19.8 Å². The summed E-state index contributed by atoms with van der Waals surface area (Å²) in [4.78, 5) is 38.0. The van der Waals surface area contributed by atoms with Crippen LogP contribution >= 0.6 is 11.8 Å². The van der Waals surface area contributed by atoms with Crippen LogP contribution in [0.5, 0.6) is 0 Å². The molecule has 1 aromatic heterocycles. The molecule has 9 heteroatoms. The average Bonchev–Trinajstić information content (AvgIpc) is 3.00. The number of carbonyl (C=O) groups is 2. The van der Waals surface area contributed by atoms with Gasteiger partial charge in [0.05, 0.1) is 30.5 Å². The van der Waals surface area contributed by atoms with Crippen molar-refractivity contribution in [2.24, 2.45) is 0 Å². The first-order valence-electron chi connectivity index (χ1n) is 7.80. The number of carbonyl (C=O) groups excluding carboxylic acids is 2. The quantitative estimate of drug-likeness (QED) is 0.754. The Balaban J connectivity index is 1.64. The van der Waals surface area contributed by atoms with Crippen LogP contribution in [0.1, 0.15) is 11.8 Å². The van der Waals surface area contributed by atoms with Gasteiger partial charge in [-0.15, -0.1) is 11.8 Å². The molecule has 0 saturated carbocycles. The highest BCUT2D eigenvalue weighted by Crippen LogP contribution is 2.22. The van der Waals surface area contributed by atoms with Crippen LogP contribution in [0.25, 0.3) is 0 Å². The van der Waals surface area contributed by atoms with E-state index in [-0.39, 0.29) is 24.5 Å². The van der Waals surface area contributed by atoms with Crippen LogP contribution in [0, 0.1) is 0 Å². The topological polar surface area (TPSA) is 78.9 Å². The van der Waals surface area contributed by atoms with Crippen LogP contribution < -0.4 is 4.90 Å². The molecule has 2 aliphatic rings. The number of ether oxygens (including phenoxy) is 1. The lowest BCUT2D eigenvalue weighted by Gasteiger charge is -2.33. The van der Waals surface area contributed by atoms with Crippen LogP contribution in [0.15, 0.2) is 12.3 Å². The molecule has 24 heavy (non-hydrogen) atoms. The fraction of sp³-hybridized carbons (Fsp3) is 0.600. The molecular formula is C15H21N5O3S. The minimum Gasteiger partial charge on any atom is -0.368 e. The minimum absolute atomic E-state index is 0.0320. The van der Waals surface area contributed by atoms with Gasteiger partial charge in [-0.25, -0.2) is 9.97 Å². The molecule has 0 spiro atoms. The zero-order valence-electron chi connectivity index (χ0n) is 13.8. The highest BCUT2D eigenvalue weighted by atomic mass is 32.2. The van der Waals surface area contributed by atoms with Gasteiger partial charge in [-0.1, -0.05) is 0 Å². The SMILES string of the molecule is CN(C)c1nccc(C2CN(C(=O)CN3CSCC3=O)CCO2)n1. The summed E-state index contributed by atoms with van der Waals surface area (Å²) >= 11 is 1.54. The van der Waals surface area contributed by atoms with E-state index in [2.05, 4.69) is 9.97 Å². The lowest BCUT2D eigenvalue weighted by atomic mass is 10.2. The third kappa shape index (κ3) is 3.78. The summed E-state index contributed by atoms with van der Waals surface area (Å²) < 4.78 is 5.78. The predicted octanol–water partition coefficient (Wildman–Crippen LogP) is -0.0246. The molecule has 0 N–H and O–H groups in total. The molecular weight excluding hydrogens is 330 g/mol. The van der Waals surface area contributed by atoms with Crippen LogP contribution in [-0.4, -0.2) is 83.5 Å². The largest absolute Gasteiger partial charge is 0.368 e. The predicted molar refractivity (Wildman–Crippen MR) is 90.7 cm³/mol. The first kappa shape index (κ1) is 17.0. The summed E-state index contributed by atoms with van der Waals surface area (Å²) in [5.74, 6) is 1.66. The van der Waals surface area contributed by atoms with Crippen molar-refractivity contribution in [3.8, 4) is 0 Å². The van der Waals surface area contributed by atoms with Crippen molar-refractivity contribution in [3.05, 3.63) is 18.0 Å². The summed E-state index contributed by atoms with van der Waals surface area (Å²) in [7, 11) is 3.75. The molecule has 2 aliphatic heterocycles. The molecule has 0 bridgehead atoms. The fourth-order valence-electron chi connectivity index (χ4n) is 2.61. The fourth-order valence-corrected chi connectivity index (χ4v) is 3.52.